The topological polar surface area (TPSA) is 93.2 Å². The molecule has 0 heterocycles. The highest BCUT2D eigenvalue weighted by atomic mass is 16.6. The summed E-state index contributed by atoms with van der Waals surface area (Å²) in [5.74, 6) is -0.775. The average Bonchev–Trinajstić information content (AvgIpc) is 2.33. The molecule has 0 radical (unpaired) electrons. The van der Waals surface area contributed by atoms with E-state index in [1.54, 1.807) is 6.92 Å². The molecule has 0 N–H and O–H groups in total. The monoisotopic (exact) mass is 246 g/mol. The van der Waals surface area contributed by atoms with Gasteiger partial charge in [-0.25, -0.2) is 14.5 Å². The number of carbonyl (C=O) groups is 4. The molecule has 0 atom stereocenters. The Bertz CT molecular complexity index is 317. The molecule has 8 heteroatoms. The van der Waals surface area contributed by atoms with Crippen LogP contribution in [0.25, 0.3) is 0 Å². The Morgan fingerprint density at radius 1 is 1.29 bits per heavy atom. The Hall–Kier alpha value is -2.12. The van der Waals surface area contributed by atoms with Crippen LogP contribution in [-0.4, -0.2) is 61.6 Å². The van der Waals surface area contributed by atoms with Crippen molar-refractivity contribution in [2.45, 2.75) is 6.92 Å². The second-order valence-corrected chi connectivity index (χ2v) is 2.85. The minimum atomic E-state index is -0.969. The summed E-state index contributed by atoms with van der Waals surface area (Å²) >= 11 is 0. The first-order valence-corrected chi connectivity index (χ1v) is 4.71. The minimum absolute atomic E-state index is 0.0918. The van der Waals surface area contributed by atoms with Gasteiger partial charge in [0.05, 0.1) is 13.7 Å². The molecule has 0 saturated heterocycles. The Balaban J connectivity index is 4.58. The maximum absolute atomic E-state index is 11.6. The predicted molar refractivity (Wildman–Crippen MR) is 55.0 cm³/mol. The summed E-state index contributed by atoms with van der Waals surface area (Å²) in [5, 5.41) is 0. The SMILES string of the molecule is CCOC(=O)N(C)C(=O)N(C=O)CC(=O)OC. The highest BCUT2D eigenvalue weighted by Gasteiger charge is 2.25. The van der Waals surface area contributed by atoms with Gasteiger partial charge in [-0.3, -0.25) is 14.5 Å². The molecule has 0 rings (SSSR count). The number of hydrogen-bond donors (Lipinski definition) is 0. The van der Waals surface area contributed by atoms with Crippen LogP contribution in [0.5, 0.6) is 0 Å². The van der Waals surface area contributed by atoms with Crippen LogP contribution >= 0.6 is 0 Å². The number of hydrogen-bond acceptors (Lipinski definition) is 6. The second kappa shape index (κ2) is 7.20. The van der Waals surface area contributed by atoms with E-state index < -0.39 is 24.6 Å². The molecular formula is C9H14N2O6. The second-order valence-electron chi connectivity index (χ2n) is 2.85. The van der Waals surface area contributed by atoms with Crippen molar-refractivity contribution in [1.29, 1.82) is 0 Å². The van der Waals surface area contributed by atoms with E-state index >= 15 is 0 Å². The third-order valence-electron chi connectivity index (χ3n) is 1.73. The van der Waals surface area contributed by atoms with Gasteiger partial charge >= 0.3 is 18.1 Å². The number of esters is 1. The summed E-state index contributed by atoms with van der Waals surface area (Å²) in [4.78, 5) is 45.3. The van der Waals surface area contributed by atoms with E-state index in [1.165, 1.54) is 0 Å². The predicted octanol–water partition coefficient (Wildman–Crippen LogP) is -0.174. The molecular weight excluding hydrogens is 232 g/mol. The number of imide groups is 2. The van der Waals surface area contributed by atoms with Crippen molar-refractivity contribution in [1.82, 2.24) is 9.80 Å². The molecule has 17 heavy (non-hydrogen) atoms. The smallest absolute Gasteiger partial charge is 0.417 e. The lowest BCUT2D eigenvalue weighted by atomic mass is 10.5. The van der Waals surface area contributed by atoms with Gasteiger partial charge in [0, 0.05) is 7.05 Å². The zero-order valence-electron chi connectivity index (χ0n) is 9.84. The van der Waals surface area contributed by atoms with Crippen molar-refractivity contribution in [3.8, 4) is 0 Å². The van der Waals surface area contributed by atoms with E-state index in [0.29, 0.717) is 9.80 Å². The zero-order valence-corrected chi connectivity index (χ0v) is 9.84. The number of rotatable bonds is 4. The van der Waals surface area contributed by atoms with Crippen LogP contribution in [0.15, 0.2) is 0 Å². The van der Waals surface area contributed by atoms with Gasteiger partial charge in [0.2, 0.25) is 6.41 Å². The van der Waals surface area contributed by atoms with Gasteiger partial charge in [0.15, 0.2) is 0 Å². The standard InChI is InChI=1S/C9H14N2O6/c1-4-17-9(15)10(2)8(14)11(6-12)5-7(13)16-3/h6H,4-5H2,1-3H3. The van der Waals surface area contributed by atoms with Crippen LogP contribution in [0.1, 0.15) is 6.92 Å². The molecule has 8 nitrogen and oxygen atoms in total. The zero-order chi connectivity index (χ0) is 13.4. The molecule has 0 aromatic rings. The number of amides is 4. The fourth-order valence-electron chi connectivity index (χ4n) is 0.845. The molecule has 0 bridgehead atoms. The lowest BCUT2D eigenvalue weighted by molar-refractivity contribution is -0.143. The number of ether oxygens (including phenoxy) is 2. The van der Waals surface area contributed by atoms with Gasteiger partial charge in [-0.15, -0.1) is 0 Å². The van der Waals surface area contributed by atoms with Crippen molar-refractivity contribution in [2.75, 3.05) is 27.3 Å². The molecule has 0 aromatic carbocycles. The normalized spacial score (nSPS) is 9.12. The molecule has 0 aliphatic rings. The maximum Gasteiger partial charge on any atom is 0.417 e. The van der Waals surface area contributed by atoms with Gasteiger partial charge < -0.3 is 9.47 Å². The van der Waals surface area contributed by atoms with Gasteiger partial charge in [-0.1, -0.05) is 0 Å². The van der Waals surface area contributed by atoms with Crippen LogP contribution in [0.2, 0.25) is 0 Å². The quantitative estimate of drug-likeness (QED) is 0.505. The Kier molecular flexibility index (Phi) is 6.30. The molecule has 0 aliphatic carbocycles. The summed E-state index contributed by atoms with van der Waals surface area (Å²) in [5.41, 5.74) is 0. The van der Waals surface area contributed by atoms with Crippen molar-refractivity contribution >= 4 is 24.5 Å². The summed E-state index contributed by atoms with van der Waals surface area (Å²) in [6.45, 7) is 1.10. The van der Waals surface area contributed by atoms with Crippen LogP contribution in [0.4, 0.5) is 9.59 Å². The van der Waals surface area contributed by atoms with E-state index in [4.69, 9.17) is 0 Å². The summed E-state index contributed by atoms with van der Waals surface area (Å²) in [7, 11) is 2.25. The summed E-state index contributed by atoms with van der Waals surface area (Å²) in [6, 6.07) is -0.969. The van der Waals surface area contributed by atoms with E-state index in [2.05, 4.69) is 9.47 Å². The van der Waals surface area contributed by atoms with E-state index in [9.17, 15) is 19.2 Å². The Labute approximate surface area is 98.1 Å². The van der Waals surface area contributed by atoms with Gasteiger partial charge in [0.25, 0.3) is 0 Å². The number of carbonyl (C=O) groups excluding carboxylic acids is 4. The highest BCUT2D eigenvalue weighted by Crippen LogP contribution is 1.98. The molecule has 0 fully saturated rings. The van der Waals surface area contributed by atoms with E-state index in [0.717, 1.165) is 14.2 Å². The van der Waals surface area contributed by atoms with E-state index in [1.807, 2.05) is 0 Å². The first kappa shape index (κ1) is 14.9. The molecule has 0 unspecified atom stereocenters. The summed E-state index contributed by atoms with van der Waals surface area (Å²) in [6.07, 6.45) is -0.774. The number of nitrogens with zero attached hydrogens (tertiary/aromatic N) is 2. The highest BCUT2D eigenvalue weighted by molar-refractivity contribution is 5.97. The van der Waals surface area contributed by atoms with E-state index in [-0.39, 0.29) is 13.0 Å². The van der Waals surface area contributed by atoms with Crippen LogP contribution in [0, 0.1) is 0 Å². The fraction of sp³-hybridized carbons (Fsp3) is 0.556. The maximum atomic E-state index is 11.6. The third kappa shape index (κ3) is 4.49. The van der Waals surface area contributed by atoms with Crippen LogP contribution in [0.3, 0.4) is 0 Å². The molecule has 0 saturated carbocycles. The fourth-order valence-corrected chi connectivity index (χ4v) is 0.845. The van der Waals surface area contributed by atoms with Crippen LogP contribution in [-0.2, 0) is 19.1 Å². The minimum Gasteiger partial charge on any atom is -0.468 e. The molecule has 96 valence electrons. The number of methoxy groups -OCH3 is 1. The lowest BCUT2D eigenvalue weighted by Crippen LogP contribution is -2.45. The Morgan fingerprint density at radius 3 is 2.29 bits per heavy atom. The van der Waals surface area contributed by atoms with Crippen molar-refractivity contribution < 1.29 is 28.7 Å². The molecule has 0 aliphatic heterocycles. The van der Waals surface area contributed by atoms with Gasteiger partial charge in [-0.05, 0) is 6.92 Å². The van der Waals surface area contributed by atoms with Crippen LogP contribution < -0.4 is 0 Å². The number of urea groups is 1. The van der Waals surface area contributed by atoms with Crippen molar-refractivity contribution in [2.24, 2.45) is 0 Å². The average molecular weight is 246 g/mol. The van der Waals surface area contributed by atoms with Gasteiger partial charge in [-0.2, -0.15) is 0 Å². The van der Waals surface area contributed by atoms with Crippen molar-refractivity contribution in [3.05, 3.63) is 0 Å². The molecule has 0 aromatic heterocycles. The lowest BCUT2D eigenvalue weighted by Gasteiger charge is -2.20. The Morgan fingerprint density at radius 2 is 1.88 bits per heavy atom. The first-order chi connectivity index (χ1) is 7.97. The first-order valence-electron chi connectivity index (χ1n) is 4.71. The molecule has 4 amide bonds. The van der Waals surface area contributed by atoms with Crippen molar-refractivity contribution in [3.63, 3.8) is 0 Å². The van der Waals surface area contributed by atoms with Gasteiger partial charge in [0.1, 0.15) is 6.54 Å². The third-order valence-corrected chi connectivity index (χ3v) is 1.73. The molecule has 0 spiro atoms. The largest absolute Gasteiger partial charge is 0.468 e. The summed E-state index contributed by atoms with van der Waals surface area (Å²) < 4.78 is 8.85.